The van der Waals surface area contributed by atoms with Crippen LogP contribution in [-0.4, -0.2) is 40.8 Å². The first-order valence-electron chi connectivity index (χ1n) is 7.55. The number of benzene rings is 1. The molecule has 1 N–H and O–H groups in total. The Balaban J connectivity index is 1.65. The van der Waals surface area contributed by atoms with Gasteiger partial charge in [-0.05, 0) is 25.0 Å². The van der Waals surface area contributed by atoms with Gasteiger partial charge in [-0.3, -0.25) is 4.79 Å². The zero-order valence-electron chi connectivity index (χ0n) is 12.0. The second-order valence-electron chi connectivity index (χ2n) is 5.59. The molecule has 0 saturated carbocycles. The number of nitrogens with zero attached hydrogens (tertiary/aromatic N) is 2. The SMILES string of the molecule is O=C([C@@H]1CC(c2ccccc2O)=NO1)N1CCCCCC1. The van der Waals surface area contributed by atoms with Crippen LogP contribution in [0.2, 0.25) is 0 Å². The maximum absolute atomic E-state index is 12.5. The third-order valence-electron chi connectivity index (χ3n) is 4.08. The molecule has 0 bridgehead atoms. The molecule has 2 heterocycles. The molecule has 5 nitrogen and oxygen atoms in total. The molecule has 1 fully saturated rings. The largest absolute Gasteiger partial charge is 0.507 e. The molecule has 5 heteroatoms. The lowest BCUT2D eigenvalue weighted by atomic mass is 10.0. The summed E-state index contributed by atoms with van der Waals surface area (Å²) in [7, 11) is 0. The van der Waals surface area contributed by atoms with E-state index in [1.807, 2.05) is 11.0 Å². The van der Waals surface area contributed by atoms with Crippen LogP contribution < -0.4 is 0 Å². The number of hydrogen-bond acceptors (Lipinski definition) is 4. The summed E-state index contributed by atoms with van der Waals surface area (Å²) in [6.45, 7) is 1.62. The predicted octanol–water partition coefficient (Wildman–Crippen LogP) is 2.29. The zero-order chi connectivity index (χ0) is 14.7. The Labute approximate surface area is 124 Å². The van der Waals surface area contributed by atoms with Gasteiger partial charge in [-0.1, -0.05) is 30.1 Å². The average Bonchev–Trinajstić information content (AvgIpc) is 2.82. The Morgan fingerprint density at radius 1 is 1.19 bits per heavy atom. The molecule has 0 aliphatic carbocycles. The second-order valence-corrected chi connectivity index (χ2v) is 5.59. The average molecular weight is 288 g/mol. The summed E-state index contributed by atoms with van der Waals surface area (Å²) in [5.41, 5.74) is 1.28. The molecule has 21 heavy (non-hydrogen) atoms. The molecule has 2 aliphatic heterocycles. The first kappa shape index (κ1) is 13.9. The lowest BCUT2D eigenvalue weighted by Crippen LogP contribution is -2.39. The highest BCUT2D eigenvalue weighted by molar-refractivity contribution is 6.05. The topological polar surface area (TPSA) is 62.1 Å². The maximum Gasteiger partial charge on any atom is 0.266 e. The quantitative estimate of drug-likeness (QED) is 0.908. The molecule has 0 radical (unpaired) electrons. The van der Waals surface area contributed by atoms with Crippen LogP contribution in [-0.2, 0) is 9.63 Å². The molecule has 0 spiro atoms. The number of carbonyl (C=O) groups excluding carboxylic acids is 1. The van der Waals surface area contributed by atoms with Gasteiger partial charge >= 0.3 is 0 Å². The van der Waals surface area contributed by atoms with Crippen molar-refractivity contribution in [2.24, 2.45) is 5.16 Å². The van der Waals surface area contributed by atoms with Crippen molar-refractivity contribution in [3.63, 3.8) is 0 Å². The lowest BCUT2D eigenvalue weighted by Gasteiger charge is -2.22. The number of hydrogen-bond donors (Lipinski definition) is 1. The van der Waals surface area contributed by atoms with Gasteiger partial charge in [0.1, 0.15) is 5.75 Å². The van der Waals surface area contributed by atoms with Crippen LogP contribution in [0.3, 0.4) is 0 Å². The van der Waals surface area contributed by atoms with Crippen LogP contribution in [0.1, 0.15) is 37.7 Å². The molecular weight excluding hydrogens is 268 g/mol. The number of carbonyl (C=O) groups is 1. The number of likely N-dealkylation sites (tertiary alicyclic amines) is 1. The third-order valence-corrected chi connectivity index (χ3v) is 4.08. The fraction of sp³-hybridized carbons (Fsp3) is 0.500. The van der Waals surface area contributed by atoms with Gasteiger partial charge in [0, 0.05) is 25.1 Å². The van der Waals surface area contributed by atoms with Crippen molar-refractivity contribution in [1.82, 2.24) is 4.90 Å². The second kappa shape index (κ2) is 6.16. The highest BCUT2D eigenvalue weighted by Crippen LogP contribution is 2.25. The number of aromatic hydroxyl groups is 1. The first-order valence-corrected chi connectivity index (χ1v) is 7.55. The van der Waals surface area contributed by atoms with Gasteiger partial charge in [-0.15, -0.1) is 0 Å². The molecule has 1 atom stereocenters. The summed E-state index contributed by atoms with van der Waals surface area (Å²) < 4.78 is 0. The molecule has 3 rings (SSSR count). The van der Waals surface area contributed by atoms with Crippen LogP contribution in [0.4, 0.5) is 0 Å². The predicted molar refractivity (Wildman–Crippen MR) is 79.2 cm³/mol. The molecule has 1 amide bonds. The van der Waals surface area contributed by atoms with E-state index in [0.717, 1.165) is 25.9 Å². The van der Waals surface area contributed by atoms with Crippen LogP contribution in [0.25, 0.3) is 0 Å². The van der Waals surface area contributed by atoms with Gasteiger partial charge in [-0.25, -0.2) is 0 Å². The molecule has 1 aromatic carbocycles. The van der Waals surface area contributed by atoms with Crippen molar-refractivity contribution in [3.8, 4) is 5.75 Å². The summed E-state index contributed by atoms with van der Waals surface area (Å²) in [4.78, 5) is 19.7. The number of oxime groups is 1. The van der Waals surface area contributed by atoms with Gasteiger partial charge in [0.05, 0.1) is 5.71 Å². The lowest BCUT2D eigenvalue weighted by molar-refractivity contribution is -0.142. The van der Waals surface area contributed by atoms with E-state index in [4.69, 9.17) is 4.84 Å². The van der Waals surface area contributed by atoms with E-state index in [1.165, 1.54) is 12.8 Å². The van der Waals surface area contributed by atoms with Gasteiger partial charge in [0.2, 0.25) is 6.10 Å². The normalized spacial score (nSPS) is 22.4. The number of rotatable bonds is 2. The Bertz CT molecular complexity index is 548. The summed E-state index contributed by atoms with van der Waals surface area (Å²) in [6.07, 6.45) is 4.38. The van der Waals surface area contributed by atoms with Crippen molar-refractivity contribution in [2.45, 2.75) is 38.2 Å². The molecular formula is C16H20N2O3. The van der Waals surface area contributed by atoms with Gasteiger partial charge in [-0.2, -0.15) is 0 Å². The molecule has 2 aliphatic rings. The highest BCUT2D eigenvalue weighted by Gasteiger charge is 2.33. The molecule has 1 aromatic rings. The number of amides is 1. The smallest absolute Gasteiger partial charge is 0.266 e. The van der Waals surface area contributed by atoms with E-state index in [2.05, 4.69) is 5.16 Å². The van der Waals surface area contributed by atoms with E-state index in [1.54, 1.807) is 18.2 Å². The monoisotopic (exact) mass is 288 g/mol. The molecule has 1 saturated heterocycles. The van der Waals surface area contributed by atoms with Crippen LogP contribution in [0.15, 0.2) is 29.4 Å². The van der Waals surface area contributed by atoms with Gasteiger partial charge in [0.15, 0.2) is 0 Å². The van der Waals surface area contributed by atoms with E-state index in [-0.39, 0.29) is 11.7 Å². The summed E-state index contributed by atoms with van der Waals surface area (Å²) in [6, 6.07) is 6.99. The Kier molecular flexibility index (Phi) is 4.08. The van der Waals surface area contributed by atoms with E-state index in [9.17, 15) is 9.90 Å². The fourth-order valence-corrected chi connectivity index (χ4v) is 2.88. The number of para-hydroxylation sites is 1. The zero-order valence-corrected chi connectivity index (χ0v) is 12.0. The van der Waals surface area contributed by atoms with Crippen molar-refractivity contribution < 1.29 is 14.7 Å². The van der Waals surface area contributed by atoms with Crippen LogP contribution in [0, 0.1) is 0 Å². The molecule has 0 aromatic heterocycles. The van der Waals surface area contributed by atoms with Crippen LogP contribution >= 0.6 is 0 Å². The van der Waals surface area contributed by atoms with E-state index < -0.39 is 6.10 Å². The standard InChI is InChI=1S/C16H20N2O3/c19-14-8-4-3-7-12(14)13-11-15(21-17-13)16(20)18-9-5-1-2-6-10-18/h3-4,7-8,15,19H,1-2,5-6,9-11H2/t15-/m0/s1. The maximum atomic E-state index is 12.5. The van der Waals surface area contributed by atoms with Gasteiger partial charge < -0.3 is 14.8 Å². The number of phenols is 1. The molecule has 0 unspecified atom stereocenters. The summed E-state index contributed by atoms with van der Waals surface area (Å²) >= 11 is 0. The fourth-order valence-electron chi connectivity index (χ4n) is 2.88. The number of phenolic OH excluding ortho intramolecular Hbond substituents is 1. The van der Waals surface area contributed by atoms with Crippen molar-refractivity contribution in [3.05, 3.63) is 29.8 Å². The van der Waals surface area contributed by atoms with Crippen molar-refractivity contribution >= 4 is 11.6 Å². The minimum atomic E-state index is -0.544. The van der Waals surface area contributed by atoms with Gasteiger partial charge in [0.25, 0.3) is 5.91 Å². The summed E-state index contributed by atoms with van der Waals surface area (Å²) in [5.74, 6) is 0.189. The highest BCUT2D eigenvalue weighted by atomic mass is 16.6. The minimum absolute atomic E-state index is 0.0195. The van der Waals surface area contributed by atoms with Crippen molar-refractivity contribution in [2.75, 3.05) is 13.1 Å². The first-order chi connectivity index (χ1) is 10.3. The van der Waals surface area contributed by atoms with E-state index in [0.29, 0.717) is 17.7 Å². The molecule has 112 valence electrons. The van der Waals surface area contributed by atoms with Crippen LogP contribution in [0.5, 0.6) is 5.75 Å². The minimum Gasteiger partial charge on any atom is -0.507 e. The third kappa shape index (κ3) is 3.01. The van der Waals surface area contributed by atoms with E-state index >= 15 is 0 Å². The Hall–Kier alpha value is -2.04. The van der Waals surface area contributed by atoms with Crippen molar-refractivity contribution in [1.29, 1.82) is 0 Å². The Morgan fingerprint density at radius 2 is 1.90 bits per heavy atom. The summed E-state index contributed by atoms with van der Waals surface area (Å²) in [5, 5.41) is 13.8. The Morgan fingerprint density at radius 3 is 2.62 bits per heavy atom.